The highest BCUT2D eigenvalue weighted by Gasteiger charge is 2.39. The van der Waals surface area contributed by atoms with Crippen LogP contribution in [0.25, 0.3) is 21.9 Å². The Bertz CT molecular complexity index is 4610. The van der Waals surface area contributed by atoms with Crippen molar-refractivity contribution >= 4 is 151 Å². The second kappa shape index (κ2) is 51.9. The summed E-state index contributed by atoms with van der Waals surface area (Å²) in [6.45, 7) is 6.50. The van der Waals surface area contributed by atoms with Crippen molar-refractivity contribution in [1.82, 2.24) is 56.6 Å². The number of anilines is 2. The first-order valence-corrected chi connectivity index (χ1v) is 44.0. The number of imide groups is 1. The van der Waals surface area contributed by atoms with Crippen LogP contribution in [-0.4, -0.2) is 298 Å². The van der Waals surface area contributed by atoms with Crippen molar-refractivity contribution < 1.29 is 129 Å². The van der Waals surface area contributed by atoms with Crippen LogP contribution in [0.3, 0.4) is 0 Å². The second-order valence-electron chi connectivity index (χ2n) is 29.0. The molecule has 4 aromatic rings. The number of benzene rings is 4. The molecule has 1 fully saturated rings. The SMILES string of the molecule is Cc1cc(-c2ccc(NC(=O)[C@@H](CCCCNC(=O)CCN3C(=O)CC(SCC(=O)NCCCCCC(=O)NC(C)CCC(=O)N[C@H](C)CCCOCN(PO)C(CCC(=O)O)C(=O)O)C3=O)NCC(=O)CNCCN(CCN(CCNCC(=O)O)CC(=O)O)CC(=O)O)c(C)c2)ccc1/N=N\c1ccc2c(S(=O)(=O)O)cc(S(=O)(=O)O)c(N)c2c1O. The van der Waals surface area contributed by atoms with E-state index in [0.717, 1.165) is 33.5 Å². The number of fused-ring (bicyclic) bond motifs is 1. The summed E-state index contributed by atoms with van der Waals surface area (Å²) in [5.41, 5.74) is 8.28. The van der Waals surface area contributed by atoms with Gasteiger partial charge in [-0.3, -0.25) is 91.5 Å². The molecule has 42 nitrogen and oxygen atoms in total. The number of nitrogen functional groups attached to an aromatic ring is 1. The van der Waals surface area contributed by atoms with E-state index in [2.05, 4.69) is 52.8 Å². The number of phenolic OH excluding ortho intramolecular Hbond substituents is 1. The fraction of sp³-hybridized carbons (Fsp3) is 0.539. The number of Topliss-reactive ketones (excluding diaryl/α,β-unsaturated/α-hetero) is 1. The zero-order valence-electron chi connectivity index (χ0n) is 68.1. The number of carboxylic acid groups (broad SMARTS) is 5. The molecule has 1 saturated heterocycles. The molecular weight excluding hydrogens is 1680 g/mol. The van der Waals surface area contributed by atoms with Crippen LogP contribution in [0.5, 0.6) is 5.75 Å². The van der Waals surface area contributed by atoms with Crippen LogP contribution in [0.4, 0.5) is 22.7 Å². The van der Waals surface area contributed by atoms with Gasteiger partial charge in [0, 0.05) is 121 Å². The van der Waals surface area contributed by atoms with Crippen LogP contribution in [0.2, 0.25) is 0 Å². The van der Waals surface area contributed by atoms with E-state index < -0.39 is 133 Å². The van der Waals surface area contributed by atoms with Gasteiger partial charge in [0.15, 0.2) is 11.5 Å². The van der Waals surface area contributed by atoms with Crippen LogP contribution in [0, 0.1) is 13.8 Å². The third kappa shape index (κ3) is 36.7. The number of carbonyl (C=O) groups excluding carboxylic acids is 8. The molecule has 0 spiro atoms. The number of aromatic hydroxyl groups is 1. The first-order valence-electron chi connectivity index (χ1n) is 39.2. The van der Waals surface area contributed by atoms with E-state index in [-0.39, 0.29) is 189 Å². The number of hydrogen-bond acceptors (Lipinski definition) is 30. The normalized spacial score (nSPS) is 14.2. The van der Waals surface area contributed by atoms with Crippen LogP contribution in [0.1, 0.15) is 121 Å². The fourth-order valence-electron chi connectivity index (χ4n) is 12.7. The Kier molecular flexibility index (Phi) is 43.7. The van der Waals surface area contributed by atoms with Gasteiger partial charge in [0.05, 0.1) is 75.5 Å². The number of aryl methyl sites for hydroxylation is 2. The van der Waals surface area contributed by atoms with Gasteiger partial charge in [-0.2, -0.15) is 21.9 Å². The average Bonchev–Trinajstić information content (AvgIpc) is 0.949. The van der Waals surface area contributed by atoms with E-state index in [1.54, 1.807) is 62.1 Å². The number of likely N-dealkylation sites (tertiary alicyclic amines) is 1. The Balaban J connectivity index is 1.07. The zero-order chi connectivity index (χ0) is 90.4. The topological polar surface area (TPSA) is 641 Å². The van der Waals surface area contributed by atoms with E-state index in [4.69, 9.17) is 20.7 Å². The Morgan fingerprint density at radius 3 is 1.81 bits per heavy atom. The maximum Gasteiger partial charge on any atom is 0.321 e. The lowest BCUT2D eigenvalue weighted by atomic mass is 10.00. The van der Waals surface area contributed by atoms with E-state index in [0.29, 0.717) is 97.6 Å². The number of unbranched alkanes of at least 4 members (excludes halogenated alkanes) is 3. The largest absolute Gasteiger partial charge is 0.505 e. The number of hydrogen-bond donors (Lipinski definition) is 18. The number of nitrogens with one attached hydrogen (secondary N) is 8. The lowest BCUT2D eigenvalue weighted by Crippen LogP contribution is -2.46. The maximum atomic E-state index is 14.2. The number of nitrogens with zero attached hydrogens (tertiary/aromatic N) is 6. The molecule has 6 atom stereocenters. The quantitative estimate of drug-likeness (QED) is 0.00574. The number of azo groups is 1. The van der Waals surface area contributed by atoms with Crippen LogP contribution in [0.15, 0.2) is 74.6 Å². The Morgan fingerprint density at radius 1 is 0.623 bits per heavy atom. The van der Waals surface area contributed by atoms with Crippen molar-refractivity contribution in [3.63, 3.8) is 0 Å². The van der Waals surface area contributed by atoms with Crippen LogP contribution < -0.4 is 48.3 Å². The lowest BCUT2D eigenvalue weighted by molar-refractivity contribution is -0.145. The molecule has 1 heterocycles. The maximum absolute atomic E-state index is 14.2. The molecule has 0 saturated carbocycles. The molecule has 0 bridgehead atoms. The molecule has 122 heavy (non-hydrogen) atoms. The zero-order valence-corrected chi connectivity index (χ0v) is 71.5. The highest BCUT2D eigenvalue weighted by Crippen LogP contribution is 2.44. The minimum Gasteiger partial charge on any atom is -0.505 e. The summed E-state index contributed by atoms with van der Waals surface area (Å²) >= 11 is 1.00. The van der Waals surface area contributed by atoms with Gasteiger partial charge < -0.3 is 83.2 Å². The summed E-state index contributed by atoms with van der Waals surface area (Å²) in [6.07, 6.45) is 3.39. The number of carboxylic acids is 5. The Hall–Kier alpha value is -9.87. The lowest BCUT2D eigenvalue weighted by Gasteiger charge is -2.26. The van der Waals surface area contributed by atoms with Crippen molar-refractivity contribution in [2.75, 3.05) is 122 Å². The molecule has 5 rings (SSSR count). The van der Waals surface area contributed by atoms with Gasteiger partial charge in [-0.1, -0.05) is 24.6 Å². The first-order chi connectivity index (χ1) is 57.6. The van der Waals surface area contributed by atoms with Crippen molar-refractivity contribution in [2.45, 2.75) is 163 Å². The molecule has 46 heteroatoms. The highest BCUT2D eigenvalue weighted by atomic mass is 32.2. The molecule has 4 unspecified atom stereocenters. The summed E-state index contributed by atoms with van der Waals surface area (Å²) in [4.78, 5) is 173. The number of nitrogens with two attached hydrogens (primary N) is 1. The van der Waals surface area contributed by atoms with Gasteiger partial charge in [-0.05, 0) is 144 Å². The van der Waals surface area contributed by atoms with Gasteiger partial charge in [0.25, 0.3) is 20.2 Å². The summed E-state index contributed by atoms with van der Waals surface area (Å²) < 4.78 is 74.9. The van der Waals surface area contributed by atoms with Gasteiger partial charge in [0.2, 0.25) is 41.4 Å². The van der Waals surface area contributed by atoms with Crippen molar-refractivity contribution in [1.29, 1.82) is 0 Å². The number of phenols is 1. The number of rotatable bonds is 61. The molecule has 7 amide bonds. The van der Waals surface area contributed by atoms with Crippen molar-refractivity contribution in [2.24, 2.45) is 10.2 Å². The van der Waals surface area contributed by atoms with Gasteiger partial charge >= 0.3 is 29.8 Å². The monoisotopic (exact) mass is 1790 g/mol. The number of amides is 7. The summed E-state index contributed by atoms with van der Waals surface area (Å²) in [5, 5.41) is 87.0. The summed E-state index contributed by atoms with van der Waals surface area (Å²) in [5.74, 6) is -9.90. The Morgan fingerprint density at radius 2 is 1.21 bits per heavy atom. The van der Waals surface area contributed by atoms with E-state index in [9.17, 15) is 114 Å². The molecule has 674 valence electrons. The molecule has 1 aliphatic rings. The molecule has 0 aromatic heterocycles. The third-order valence-corrected chi connectivity index (χ3v) is 22.9. The Labute approximate surface area is 710 Å². The van der Waals surface area contributed by atoms with Crippen molar-refractivity contribution in [3.8, 4) is 16.9 Å². The first kappa shape index (κ1) is 103. The predicted octanol–water partition coefficient (Wildman–Crippen LogP) is 2.70. The van der Waals surface area contributed by atoms with E-state index in [1.807, 2.05) is 6.92 Å². The highest BCUT2D eigenvalue weighted by molar-refractivity contribution is 8.01. The van der Waals surface area contributed by atoms with Gasteiger partial charge in [0.1, 0.15) is 28.3 Å². The smallest absolute Gasteiger partial charge is 0.321 e. The second-order valence-corrected chi connectivity index (χ2v) is 33.8. The summed E-state index contributed by atoms with van der Waals surface area (Å²) in [6, 6.07) is 10.3. The molecule has 0 aliphatic carbocycles. The van der Waals surface area contributed by atoms with E-state index >= 15 is 0 Å². The molecule has 4 aromatic carbocycles. The average molecular weight is 1790 g/mol. The summed E-state index contributed by atoms with van der Waals surface area (Å²) in [7, 11) is -11.2. The number of aliphatic carboxylic acids is 5. The number of thioether (sulfide) groups is 1. The standard InChI is InChI=1S/C76H110N15O27PS3/c1-46-35-50(51-16-19-55(47(2)36-51)86-87-56-20-17-53-60(121(112,113)114)38-61(122(115,116)117)72(77)71(53)73(56)106)15-18-54(46)85-74(107)57(82-40-52(92)39-78-27-30-88(42-69(102)103)32-33-89(43-70(104)105)31-28-79-41-68(100)101)12-7-9-26-80-62(93)24-29-90-66(97)37-59(75(90)108)120-44-65(96)81-25-8-5-6-13-63(94)84-49(4)14-22-64(95)83-48(3)11-10-34-118-45-91(119-111)58(76(109)110)21-23-67(98)99/h15-20,35-36,38,48-49,57-59,78-79,82,106,111,119H,5-14,21-34,37,39-45,77H2,1-4H3,(H,80,93)(H,81,96)(H,83,95)(H,84,94)(H,85,107)(H,98,99)(H,100,101)(H,102,103)(H,104,105)(H,109,110)(H,112,113,114)(H,115,116,117)/b87-86-/t48-,49?,57-,58?,59?/m1/s1. The number of ether oxygens (including phenoxy) is 1. The van der Waals surface area contributed by atoms with Crippen LogP contribution in [-0.2, 0) is 87.3 Å². The molecular formula is C76H110N15O27PS3. The molecule has 1 aliphatic heterocycles. The molecule has 19 N–H and O–H groups in total. The van der Waals surface area contributed by atoms with Gasteiger partial charge in [-0.15, -0.1) is 16.9 Å². The van der Waals surface area contributed by atoms with Crippen molar-refractivity contribution in [3.05, 3.63) is 65.7 Å². The molecule has 0 radical (unpaired) electrons. The number of carbonyl (C=O) groups is 13. The van der Waals surface area contributed by atoms with Gasteiger partial charge in [-0.25, -0.2) is 4.67 Å². The van der Waals surface area contributed by atoms with Crippen LogP contribution >= 0.6 is 20.7 Å². The predicted molar refractivity (Wildman–Crippen MR) is 448 cm³/mol. The number of ketones is 1. The minimum atomic E-state index is -5.16. The minimum absolute atomic E-state index is 0.113. The third-order valence-electron chi connectivity index (χ3n) is 19.2. The van der Waals surface area contributed by atoms with E-state index in [1.165, 1.54) is 4.90 Å². The fourth-order valence-corrected chi connectivity index (χ4v) is 15.7.